The van der Waals surface area contributed by atoms with Gasteiger partial charge in [-0.3, -0.25) is 14.5 Å². The summed E-state index contributed by atoms with van der Waals surface area (Å²) in [6.45, 7) is 4.78. The molecule has 0 spiro atoms. The molecular formula is C24H27N3O3. The van der Waals surface area contributed by atoms with E-state index in [0.29, 0.717) is 17.9 Å². The molecule has 0 aliphatic carbocycles. The highest BCUT2D eigenvalue weighted by molar-refractivity contribution is 5.75. The van der Waals surface area contributed by atoms with Crippen LogP contribution in [-0.4, -0.2) is 44.7 Å². The Morgan fingerprint density at radius 2 is 1.57 bits per heavy atom. The third-order valence-corrected chi connectivity index (χ3v) is 5.70. The van der Waals surface area contributed by atoms with E-state index in [1.807, 2.05) is 30.3 Å². The molecule has 1 heterocycles. The van der Waals surface area contributed by atoms with E-state index in [1.165, 1.54) is 5.56 Å². The molecule has 156 valence electrons. The van der Waals surface area contributed by atoms with Crippen molar-refractivity contribution in [2.75, 3.05) is 50.1 Å². The molecule has 0 saturated carbocycles. The van der Waals surface area contributed by atoms with Gasteiger partial charge in [0.25, 0.3) is 10.9 Å². The zero-order valence-electron chi connectivity index (χ0n) is 17.3. The first-order valence-corrected chi connectivity index (χ1v) is 10.4. The molecule has 0 aromatic heterocycles. The normalized spacial score (nSPS) is 14.8. The Morgan fingerprint density at radius 1 is 0.867 bits per heavy atom. The molecule has 1 aliphatic rings. The molecule has 1 fully saturated rings. The van der Waals surface area contributed by atoms with Gasteiger partial charge < -0.3 is 15.0 Å². The summed E-state index contributed by atoms with van der Waals surface area (Å²) in [5, 5.41) is 3.20. The summed E-state index contributed by atoms with van der Waals surface area (Å²) in [5.74, 6) is 0.822. The summed E-state index contributed by atoms with van der Waals surface area (Å²) < 4.78 is 5.17. The van der Waals surface area contributed by atoms with Crippen LogP contribution in [-0.2, 0) is 13.0 Å². The van der Waals surface area contributed by atoms with E-state index in [0.717, 1.165) is 50.5 Å². The van der Waals surface area contributed by atoms with Crippen molar-refractivity contribution >= 4 is 11.4 Å². The Morgan fingerprint density at radius 3 is 2.23 bits per heavy atom. The third-order valence-electron chi connectivity index (χ3n) is 5.70. The maximum atomic E-state index is 12.2. The molecule has 6 heteroatoms. The monoisotopic (exact) mass is 405 g/mol. The van der Waals surface area contributed by atoms with Gasteiger partial charge in [0, 0.05) is 39.3 Å². The highest BCUT2D eigenvalue weighted by Gasteiger charge is 2.28. The topological polar surface area (TPSA) is 61.9 Å². The fourth-order valence-corrected chi connectivity index (χ4v) is 3.94. The van der Waals surface area contributed by atoms with Crippen molar-refractivity contribution in [3.05, 3.63) is 86.2 Å². The van der Waals surface area contributed by atoms with Crippen molar-refractivity contribution in [3.8, 4) is 5.75 Å². The zero-order valence-corrected chi connectivity index (χ0v) is 17.3. The summed E-state index contributed by atoms with van der Waals surface area (Å²) in [4.78, 5) is 28.8. The van der Waals surface area contributed by atoms with Crippen LogP contribution < -0.4 is 25.8 Å². The predicted molar refractivity (Wildman–Crippen MR) is 120 cm³/mol. The lowest BCUT2D eigenvalue weighted by Crippen LogP contribution is -2.51. The van der Waals surface area contributed by atoms with E-state index < -0.39 is 5.43 Å². The first-order valence-electron chi connectivity index (χ1n) is 10.4. The molecule has 30 heavy (non-hydrogen) atoms. The van der Waals surface area contributed by atoms with E-state index in [-0.39, 0.29) is 5.43 Å². The van der Waals surface area contributed by atoms with E-state index in [2.05, 4.69) is 39.4 Å². The molecule has 0 atom stereocenters. The average molecular weight is 405 g/mol. The fourth-order valence-electron chi connectivity index (χ4n) is 3.94. The predicted octanol–water partition coefficient (Wildman–Crippen LogP) is 2.27. The highest BCUT2D eigenvalue weighted by atomic mass is 16.5. The van der Waals surface area contributed by atoms with Gasteiger partial charge in [-0.1, -0.05) is 42.5 Å². The van der Waals surface area contributed by atoms with Crippen LogP contribution in [0.3, 0.4) is 0 Å². The second-order valence-corrected chi connectivity index (χ2v) is 7.66. The van der Waals surface area contributed by atoms with E-state index in [9.17, 15) is 9.59 Å². The summed E-state index contributed by atoms with van der Waals surface area (Å²) in [6, 6.07) is 18.3. The van der Waals surface area contributed by atoms with Gasteiger partial charge in [-0.05, 0) is 29.7 Å². The van der Waals surface area contributed by atoms with Crippen LogP contribution in [0.4, 0.5) is 11.4 Å². The highest BCUT2D eigenvalue weighted by Crippen LogP contribution is 2.22. The number of hydrogen-bond donors (Lipinski definition) is 1. The van der Waals surface area contributed by atoms with E-state index >= 15 is 0 Å². The molecule has 3 aromatic rings. The molecular weight excluding hydrogens is 378 g/mol. The third kappa shape index (κ3) is 4.39. The summed E-state index contributed by atoms with van der Waals surface area (Å²) in [5.41, 5.74) is 2.73. The van der Waals surface area contributed by atoms with Crippen molar-refractivity contribution in [2.24, 2.45) is 0 Å². The van der Waals surface area contributed by atoms with Crippen LogP contribution in [0.15, 0.2) is 64.2 Å². The van der Waals surface area contributed by atoms with Crippen molar-refractivity contribution in [3.63, 3.8) is 0 Å². The maximum absolute atomic E-state index is 12.2. The molecule has 0 unspecified atom stereocenters. The Labute approximate surface area is 176 Å². The van der Waals surface area contributed by atoms with E-state index in [1.54, 1.807) is 7.11 Å². The molecule has 4 rings (SSSR count). The number of nitrogens with one attached hydrogen (secondary N) is 1. The average Bonchev–Trinajstić information content (AvgIpc) is 2.80. The van der Waals surface area contributed by atoms with Gasteiger partial charge in [0.15, 0.2) is 0 Å². The van der Waals surface area contributed by atoms with Crippen LogP contribution in [0.25, 0.3) is 0 Å². The minimum Gasteiger partial charge on any atom is -0.497 e. The van der Waals surface area contributed by atoms with Gasteiger partial charge in [0.2, 0.25) is 0 Å². The van der Waals surface area contributed by atoms with Crippen LogP contribution in [0.2, 0.25) is 0 Å². The Balaban J connectivity index is 1.31. The first kappa shape index (κ1) is 20.2. The van der Waals surface area contributed by atoms with Crippen LogP contribution in [0.1, 0.15) is 11.1 Å². The minimum absolute atomic E-state index is 0.363. The zero-order chi connectivity index (χ0) is 20.9. The molecule has 3 aromatic carbocycles. The van der Waals surface area contributed by atoms with Crippen LogP contribution in [0, 0.1) is 0 Å². The van der Waals surface area contributed by atoms with Gasteiger partial charge in [-0.25, -0.2) is 0 Å². The molecule has 1 saturated heterocycles. The minimum atomic E-state index is -0.397. The molecule has 0 radical (unpaired) electrons. The van der Waals surface area contributed by atoms with Gasteiger partial charge in [-0.15, -0.1) is 0 Å². The van der Waals surface area contributed by atoms with Gasteiger partial charge in [0.1, 0.15) is 17.1 Å². The van der Waals surface area contributed by atoms with Gasteiger partial charge >= 0.3 is 0 Å². The molecule has 6 nitrogen and oxygen atoms in total. The Bertz CT molecular complexity index is 1030. The second kappa shape index (κ2) is 9.13. The van der Waals surface area contributed by atoms with E-state index in [4.69, 9.17) is 4.74 Å². The summed E-state index contributed by atoms with van der Waals surface area (Å²) in [6.07, 6.45) is 0.771. The van der Waals surface area contributed by atoms with Gasteiger partial charge in [-0.2, -0.15) is 0 Å². The number of benzene rings is 2. The van der Waals surface area contributed by atoms with Crippen LogP contribution in [0.5, 0.6) is 5.75 Å². The lowest BCUT2D eigenvalue weighted by Gasteiger charge is -2.37. The second-order valence-electron chi connectivity index (χ2n) is 7.66. The van der Waals surface area contributed by atoms with Crippen molar-refractivity contribution in [1.82, 2.24) is 4.90 Å². The lowest BCUT2D eigenvalue weighted by atomic mass is 10.1. The Hall–Kier alpha value is -3.12. The number of ether oxygens (including phenoxy) is 1. The quantitative estimate of drug-likeness (QED) is 0.580. The largest absolute Gasteiger partial charge is 0.497 e. The molecule has 0 bridgehead atoms. The number of piperazine rings is 1. The number of hydrogen-bond acceptors (Lipinski definition) is 6. The smallest absolute Gasteiger partial charge is 0.253 e. The molecule has 1 aliphatic heterocycles. The SMILES string of the molecule is COc1ccc(CCNc2c(N3CCN(Cc4ccccc4)CC3)c(=O)c2=O)cc1. The molecule has 0 amide bonds. The summed E-state index contributed by atoms with van der Waals surface area (Å²) >= 11 is 0. The van der Waals surface area contributed by atoms with Crippen molar-refractivity contribution in [2.45, 2.75) is 13.0 Å². The maximum Gasteiger partial charge on any atom is 0.253 e. The number of nitrogens with zero attached hydrogens (tertiary/aromatic N) is 2. The number of anilines is 2. The van der Waals surface area contributed by atoms with Crippen molar-refractivity contribution in [1.29, 1.82) is 0 Å². The van der Waals surface area contributed by atoms with Gasteiger partial charge in [0.05, 0.1) is 7.11 Å². The van der Waals surface area contributed by atoms with Crippen molar-refractivity contribution < 1.29 is 4.74 Å². The molecule has 1 N–H and O–H groups in total. The lowest BCUT2D eigenvalue weighted by molar-refractivity contribution is 0.249. The number of rotatable bonds is 8. The van der Waals surface area contributed by atoms with Crippen LogP contribution >= 0.6 is 0 Å². The summed E-state index contributed by atoms with van der Waals surface area (Å²) in [7, 11) is 1.64. The fraction of sp³-hybridized carbons (Fsp3) is 0.333. The number of methoxy groups -OCH3 is 1. The standard InChI is InChI=1S/C24H27N3O3/c1-30-20-9-7-18(8-10-20)11-12-25-21-22(24(29)23(21)28)27-15-13-26(14-16-27)17-19-5-3-2-4-6-19/h2-10,25H,11-17H2,1H3. The first-order chi connectivity index (χ1) is 14.7. The Kier molecular flexibility index (Phi) is 6.14.